The zero-order chi connectivity index (χ0) is 25.6. The Morgan fingerprint density at radius 1 is 1.03 bits per heavy atom. The number of benzene rings is 2. The van der Waals surface area contributed by atoms with E-state index in [0.717, 1.165) is 24.0 Å². The molecule has 0 saturated carbocycles. The van der Waals surface area contributed by atoms with Gasteiger partial charge in [-0.1, -0.05) is 60.7 Å². The number of hydrogen-bond acceptors (Lipinski definition) is 7. The predicted octanol–water partition coefficient (Wildman–Crippen LogP) is 4.68. The second-order valence-corrected chi connectivity index (χ2v) is 8.96. The van der Waals surface area contributed by atoms with Gasteiger partial charge in [-0.25, -0.2) is 0 Å². The summed E-state index contributed by atoms with van der Waals surface area (Å²) in [6.07, 6.45) is 2.80. The predicted molar refractivity (Wildman–Crippen MR) is 137 cm³/mol. The van der Waals surface area contributed by atoms with E-state index in [1.165, 1.54) is 6.26 Å². The summed E-state index contributed by atoms with van der Waals surface area (Å²) in [5.74, 6) is 0.548. The highest BCUT2D eigenvalue weighted by Gasteiger charge is 2.32. The van der Waals surface area contributed by atoms with Crippen molar-refractivity contribution in [3.63, 3.8) is 0 Å². The van der Waals surface area contributed by atoms with Gasteiger partial charge in [0.15, 0.2) is 17.8 Å². The summed E-state index contributed by atoms with van der Waals surface area (Å²) >= 11 is 0. The Morgan fingerprint density at radius 3 is 2.49 bits per heavy atom. The number of aliphatic hydroxyl groups excluding tert-OH is 1. The fourth-order valence-electron chi connectivity index (χ4n) is 4.52. The number of nitrogens with zero attached hydrogens (tertiary/aromatic N) is 1. The van der Waals surface area contributed by atoms with Crippen molar-refractivity contribution in [2.75, 3.05) is 13.2 Å². The molecule has 2 atom stereocenters. The highest BCUT2D eigenvalue weighted by atomic mass is 16.7. The molecule has 2 aliphatic heterocycles. The minimum Gasteiger partial charge on any atom is -0.483 e. The molecule has 0 radical (unpaired) electrons. The lowest BCUT2D eigenvalue weighted by Crippen LogP contribution is -2.30. The van der Waals surface area contributed by atoms with Gasteiger partial charge < -0.3 is 33.4 Å². The van der Waals surface area contributed by atoms with E-state index in [0.29, 0.717) is 30.2 Å². The van der Waals surface area contributed by atoms with Crippen LogP contribution in [0.3, 0.4) is 0 Å². The molecule has 3 heterocycles. The maximum Gasteiger partial charge on any atom is 0.267 e. The Bertz CT molecular complexity index is 1280. The summed E-state index contributed by atoms with van der Waals surface area (Å²) in [4.78, 5) is 13.9. The monoisotopic (exact) mass is 505 g/mol. The van der Waals surface area contributed by atoms with Crippen LogP contribution in [0.1, 0.15) is 48.1 Å². The molecule has 1 N–H and O–H groups in total. The molecule has 8 heteroatoms. The molecule has 37 heavy (non-hydrogen) atoms. The minimum absolute atomic E-state index is 0.0533. The zero-order valence-corrected chi connectivity index (χ0v) is 20.8. The molecule has 194 valence electrons. The molecule has 0 bridgehead atoms. The number of aromatic nitrogens is 1. The summed E-state index contributed by atoms with van der Waals surface area (Å²) in [6.45, 7) is 2.60. The van der Waals surface area contributed by atoms with Crippen molar-refractivity contribution in [3.05, 3.63) is 99.7 Å². The summed E-state index contributed by atoms with van der Waals surface area (Å²) in [6, 6.07) is 19.2. The average Bonchev–Trinajstić information content (AvgIpc) is 3.43. The van der Waals surface area contributed by atoms with Crippen LogP contribution in [0.5, 0.6) is 11.5 Å². The van der Waals surface area contributed by atoms with E-state index in [1.54, 1.807) is 11.5 Å². The van der Waals surface area contributed by atoms with E-state index < -0.39 is 18.0 Å². The number of aliphatic hydroxyl groups is 1. The fraction of sp³-hybridized carbons (Fsp3) is 0.345. The Labute approximate surface area is 215 Å². The molecule has 2 aromatic carbocycles. The third-order valence-corrected chi connectivity index (χ3v) is 6.41. The molecule has 3 aromatic rings. The summed E-state index contributed by atoms with van der Waals surface area (Å²) in [7, 11) is 0. The highest BCUT2D eigenvalue weighted by molar-refractivity contribution is 5.65. The van der Waals surface area contributed by atoms with Gasteiger partial charge in [-0.05, 0) is 25.3 Å². The number of pyridine rings is 1. The van der Waals surface area contributed by atoms with Gasteiger partial charge in [-0.3, -0.25) is 4.79 Å². The molecular formula is C29H31NO7. The molecule has 8 nitrogen and oxygen atoms in total. The summed E-state index contributed by atoms with van der Waals surface area (Å²) in [5.41, 5.74) is 2.30. The molecule has 1 fully saturated rings. The second kappa shape index (κ2) is 11.5. The van der Waals surface area contributed by atoms with Crippen molar-refractivity contribution < 1.29 is 28.8 Å². The zero-order valence-electron chi connectivity index (χ0n) is 20.8. The van der Waals surface area contributed by atoms with Crippen LogP contribution in [0, 0.1) is 6.92 Å². The van der Waals surface area contributed by atoms with Gasteiger partial charge in [-0.15, -0.1) is 0 Å². The Hall–Kier alpha value is -3.75. The smallest absolute Gasteiger partial charge is 0.267 e. The fourth-order valence-corrected chi connectivity index (χ4v) is 4.52. The molecule has 0 spiro atoms. The van der Waals surface area contributed by atoms with E-state index in [-0.39, 0.29) is 31.3 Å². The van der Waals surface area contributed by atoms with E-state index in [4.69, 9.17) is 23.7 Å². The average molecular weight is 506 g/mol. The molecular weight excluding hydrogens is 474 g/mol. The molecule has 5 rings (SSSR count). The van der Waals surface area contributed by atoms with Crippen molar-refractivity contribution >= 4 is 5.76 Å². The first-order valence-electron chi connectivity index (χ1n) is 12.6. The third kappa shape index (κ3) is 5.50. The van der Waals surface area contributed by atoms with E-state index in [9.17, 15) is 9.90 Å². The van der Waals surface area contributed by atoms with Crippen molar-refractivity contribution in [2.45, 2.75) is 51.9 Å². The molecule has 0 aliphatic carbocycles. The van der Waals surface area contributed by atoms with Crippen LogP contribution in [0.15, 0.2) is 71.7 Å². The van der Waals surface area contributed by atoms with Crippen molar-refractivity contribution in [2.24, 2.45) is 0 Å². The first kappa shape index (κ1) is 24.9. The third-order valence-electron chi connectivity index (χ3n) is 6.41. The Morgan fingerprint density at radius 2 is 1.78 bits per heavy atom. The molecule has 2 unspecified atom stereocenters. The number of rotatable bonds is 9. The molecule has 1 saturated heterocycles. The quantitative estimate of drug-likeness (QED) is 0.452. The van der Waals surface area contributed by atoms with Crippen molar-refractivity contribution in [1.29, 1.82) is 0 Å². The van der Waals surface area contributed by atoms with Crippen LogP contribution in [0.25, 0.3) is 5.76 Å². The Balaban J connectivity index is 1.55. The SMILES string of the molecule is Cc1c(OCc2ccccc2)c(=O)c(OC2CCCCO2)c(C2=COC(c3ccccc3)O2)n1CCO. The van der Waals surface area contributed by atoms with Crippen molar-refractivity contribution in [3.8, 4) is 11.5 Å². The van der Waals surface area contributed by atoms with Crippen LogP contribution in [-0.4, -0.2) is 29.2 Å². The number of hydrogen-bond donors (Lipinski definition) is 1. The Kier molecular flexibility index (Phi) is 7.77. The van der Waals surface area contributed by atoms with Gasteiger partial charge in [0.2, 0.25) is 5.75 Å². The van der Waals surface area contributed by atoms with Crippen LogP contribution >= 0.6 is 0 Å². The lowest BCUT2D eigenvalue weighted by Gasteiger charge is -2.27. The molecule has 2 aliphatic rings. The van der Waals surface area contributed by atoms with Gasteiger partial charge in [0.1, 0.15) is 18.6 Å². The van der Waals surface area contributed by atoms with Crippen LogP contribution < -0.4 is 14.9 Å². The topological polar surface area (TPSA) is 88.4 Å². The van der Waals surface area contributed by atoms with Gasteiger partial charge in [-0.2, -0.15) is 0 Å². The maximum atomic E-state index is 13.9. The minimum atomic E-state index is -0.665. The maximum absolute atomic E-state index is 13.9. The number of ether oxygens (including phenoxy) is 5. The van der Waals surface area contributed by atoms with E-state index >= 15 is 0 Å². The van der Waals surface area contributed by atoms with Gasteiger partial charge >= 0.3 is 0 Å². The summed E-state index contributed by atoms with van der Waals surface area (Å²) in [5, 5.41) is 9.92. The van der Waals surface area contributed by atoms with Gasteiger partial charge in [0.05, 0.1) is 18.9 Å². The van der Waals surface area contributed by atoms with Gasteiger partial charge in [0.25, 0.3) is 11.7 Å². The van der Waals surface area contributed by atoms with Crippen LogP contribution in [0.2, 0.25) is 0 Å². The standard InChI is InChI=1S/C29H31NO7/c1-20-27(34-18-21-10-4-2-5-11-21)26(32)28(37-24-14-8-9-17-33-24)25(30(20)15-16-31)23-19-35-29(36-23)22-12-6-3-7-13-22/h2-7,10-13,19,24,29,31H,8-9,14-18H2,1H3. The normalized spacial score (nSPS) is 19.0. The van der Waals surface area contributed by atoms with Crippen LogP contribution in [-0.2, 0) is 27.4 Å². The summed E-state index contributed by atoms with van der Waals surface area (Å²) < 4.78 is 31.8. The highest BCUT2D eigenvalue weighted by Crippen LogP contribution is 2.38. The van der Waals surface area contributed by atoms with E-state index in [2.05, 4.69) is 0 Å². The van der Waals surface area contributed by atoms with Crippen LogP contribution in [0.4, 0.5) is 0 Å². The largest absolute Gasteiger partial charge is 0.483 e. The van der Waals surface area contributed by atoms with Gasteiger partial charge in [0, 0.05) is 18.5 Å². The second-order valence-electron chi connectivity index (χ2n) is 8.96. The molecule has 1 aromatic heterocycles. The van der Waals surface area contributed by atoms with E-state index in [1.807, 2.05) is 60.7 Å². The lowest BCUT2D eigenvalue weighted by molar-refractivity contribution is -0.107. The first-order valence-corrected chi connectivity index (χ1v) is 12.6. The molecule has 0 amide bonds. The first-order chi connectivity index (χ1) is 18.2. The lowest BCUT2D eigenvalue weighted by atomic mass is 10.1. The van der Waals surface area contributed by atoms with Crippen molar-refractivity contribution in [1.82, 2.24) is 4.57 Å².